The first-order chi connectivity index (χ1) is 8.44. The molecule has 0 aromatic rings. The van der Waals surface area contributed by atoms with Crippen LogP contribution in [-0.4, -0.2) is 51.3 Å². The summed E-state index contributed by atoms with van der Waals surface area (Å²) in [6.45, 7) is 2.58. The highest BCUT2D eigenvalue weighted by Crippen LogP contribution is 2.49. The summed E-state index contributed by atoms with van der Waals surface area (Å²) in [5, 5.41) is 0. The van der Waals surface area contributed by atoms with Gasteiger partial charge in [0.15, 0.2) is 0 Å². The van der Waals surface area contributed by atoms with Gasteiger partial charge in [0.05, 0.1) is 19.3 Å². The molecule has 106 valence electrons. The molecule has 0 aromatic heterocycles. The number of phosphoric acid groups is 1. The Morgan fingerprint density at radius 2 is 2.22 bits per heavy atom. The van der Waals surface area contributed by atoms with E-state index in [2.05, 4.69) is 4.52 Å². The predicted molar refractivity (Wildman–Crippen MR) is 59.0 cm³/mol. The fourth-order valence-electron chi connectivity index (χ4n) is 2.61. The van der Waals surface area contributed by atoms with E-state index in [4.69, 9.17) is 18.7 Å². The molecule has 0 radical (unpaired) electrons. The van der Waals surface area contributed by atoms with E-state index in [0.717, 1.165) is 7.11 Å². The van der Waals surface area contributed by atoms with Crippen LogP contribution in [0.1, 0.15) is 13.3 Å². The fraction of sp³-hybridized carbons (Fsp3) is 1.00. The summed E-state index contributed by atoms with van der Waals surface area (Å²) < 4.78 is 37.4. The molecule has 0 amide bonds. The first-order valence-electron chi connectivity index (χ1n) is 5.78. The van der Waals surface area contributed by atoms with Gasteiger partial charge in [-0.25, -0.2) is 0 Å². The maximum Gasteiger partial charge on any atom is 0.268 e. The lowest BCUT2D eigenvalue weighted by Gasteiger charge is -2.40. The summed E-state index contributed by atoms with van der Waals surface area (Å²) in [6, 6.07) is 0. The molecule has 2 aliphatic rings. The Balaban J connectivity index is 2.22. The molecule has 2 heterocycles. The summed E-state index contributed by atoms with van der Waals surface area (Å²) in [4.78, 5) is 11.5. The van der Waals surface area contributed by atoms with Gasteiger partial charge in [-0.15, -0.1) is 0 Å². The van der Waals surface area contributed by atoms with Crippen LogP contribution in [-0.2, 0) is 27.8 Å². The van der Waals surface area contributed by atoms with Gasteiger partial charge in [-0.1, -0.05) is 0 Å². The van der Waals surface area contributed by atoms with Crippen molar-refractivity contribution >= 4 is 7.82 Å². The van der Waals surface area contributed by atoms with Gasteiger partial charge in [0.2, 0.25) is 0 Å². The average Bonchev–Trinajstić information content (AvgIpc) is 2.47. The minimum absolute atomic E-state index is 0.246. The van der Waals surface area contributed by atoms with Crippen molar-refractivity contribution in [3.05, 3.63) is 0 Å². The Morgan fingerprint density at radius 3 is 2.83 bits per heavy atom. The normalized spacial score (nSPS) is 42.8. The minimum atomic E-state index is -4.33. The molecule has 0 aliphatic carbocycles. The van der Waals surface area contributed by atoms with Crippen LogP contribution in [0.3, 0.4) is 0 Å². The Morgan fingerprint density at radius 1 is 1.50 bits per heavy atom. The molecule has 0 N–H and O–H groups in total. The maximum atomic E-state index is 11.5. The zero-order chi connectivity index (χ0) is 13.4. The number of rotatable bonds is 5. The molecule has 2 unspecified atom stereocenters. The fourth-order valence-corrected chi connectivity index (χ4v) is 3.29. The van der Waals surface area contributed by atoms with Gasteiger partial charge in [-0.2, -0.15) is 0 Å². The highest BCUT2D eigenvalue weighted by molar-refractivity contribution is 7.45. The third kappa shape index (κ3) is 2.49. The largest absolute Gasteiger partial charge is 0.756 e. The van der Waals surface area contributed by atoms with Crippen molar-refractivity contribution in [1.82, 2.24) is 0 Å². The number of hydrogen-bond acceptors (Lipinski definition) is 7. The van der Waals surface area contributed by atoms with E-state index >= 15 is 0 Å². The van der Waals surface area contributed by atoms with Crippen molar-refractivity contribution in [2.45, 2.75) is 37.3 Å². The Bertz CT molecular complexity index is 345. The van der Waals surface area contributed by atoms with Crippen LogP contribution in [0.25, 0.3) is 0 Å². The van der Waals surface area contributed by atoms with Gasteiger partial charge in [0.25, 0.3) is 7.82 Å². The van der Waals surface area contributed by atoms with Crippen LogP contribution >= 0.6 is 7.82 Å². The van der Waals surface area contributed by atoms with E-state index in [1.807, 2.05) is 6.92 Å². The number of ether oxygens (including phenoxy) is 3. The van der Waals surface area contributed by atoms with Gasteiger partial charge in [0.1, 0.15) is 17.8 Å². The van der Waals surface area contributed by atoms with Crippen molar-refractivity contribution in [3.8, 4) is 0 Å². The van der Waals surface area contributed by atoms with E-state index in [0.29, 0.717) is 13.0 Å². The molecule has 0 saturated carbocycles. The van der Waals surface area contributed by atoms with Crippen LogP contribution in [0.15, 0.2) is 0 Å². The summed E-state index contributed by atoms with van der Waals surface area (Å²) in [5.74, 6) is 0. The third-order valence-electron chi connectivity index (χ3n) is 3.39. The molecule has 7 nitrogen and oxygen atoms in total. The molecule has 2 bridgehead atoms. The molecular weight excluding hydrogens is 263 g/mol. The van der Waals surface area contributed by atoms with Crippen LogP contribution in [0.2, 0.25) is 0 Å². The Hall–Kier alpha value is -0.0100. The van der Waals surface area contributed by atoms with Gasteiger partial charge < -0.3 is 28.2 Å². The molecule has 18 heavy (non-hydrogen) atoms. The van der Waals surface area contributed by atoms with Crippen molar-refractivity contribution in [1.29, 1.82) is 0 Å². The number of hydrogen-bond donors (Lipinski definition) is 0. The molecule has 2 saturated heterocycles. The number of fused-ring (bicyclic) bond motifs is 2. The van der Waals surface area contributed by atoms with Crippen LogP contribution in [0.5, 0.6) is 0 Å². The van der Waals surface area contributed by atoms with Gasteiger partial charge in [-0.3, -0.25) is 4.57 Å². The quantitative estimate of drug-likeness (QED) is 0.659. The number of phosphoric ester groups is 1. The minimum Gasteiger partial charge on any atom is -0.756 e. The Kier molecular flexibility index (Phi) is 4.14. The molecule has 2 fully saturated rings. The van der Waals surface area contributed by atoms with Crippen molar-refractivity contribution in [3.63, 3.8) is 0 Å². The van der Waals surface area contributed by atoms with Crippen LogP contribution in [0.4, 0.5) is 0 Å². The second kappa shape index (κ2) is 5.17. The number of methoxy groups -OCH3 is 1. The average molecular weight is 281 g/mol. The van der Waals surface area contributed by atoms with Gasteiger partial charge >= 0.3 is 0 Å². The van der Waals surface area contributed by atoms with Crippen LogP contribution < -0.4 is 4.89 Å². The van der Waals surface area contributed by atoms with E-state index in [1.54, 1.807) is 0 Å². The summed E-state index contributed by atoms with van der Waals surface area (Å²) in [7, 11) is -1.74. The molecule has 2 aliphatic heterocycles. The zero-order valence-electron chi connectivity index (χ0n) is 10.7. The molecular formula is C10H18O7P-. The summed E-state index contributed by atoms with van der Waals surface area (Å²) >= 11 is 0. The SMILES string of the molecule is COC[C@@]12CCOC([C@H](C)O1)[C@H]2OP(=O)([O-])OC. The molecule has 0 spiro atoms. The topological polar surface area (TPSA) is 86.3 Å². The van der Waals surface area contributed by atoms with Crippen molar-refractivity contribution < 1.29 is 32.7 Å². The summed E-state index contributed by atoms with van der Waals surface area (Å²) in [5.41, 5.74) is -0.782. The highest BCUT2D eigenvalue weighted by atomic mass is 31.2. The molecule has 2 rings (SSSR count). The second-order valence-electron chi connectivity index (χ2n) is 4.56. The lowest BCUT2D eigenvalue weighted by Crippen LogP contribution is -2.53. The van der Waals surface area contributed by atoms with Crippen LogP contribution in [0, 0.1) is 0 Å². The zero-order valence-corrected chi connectivity index (χ0v) is 11.6. The molecule has 0 aromatic carbocycles. The Labute approximate surface area is 106 Å². The van der Waals surface area contributed by atoms with E-state index in [1.165, 1.54) is 7.11 Å². The lowest BCUT2D eigenvalue weighted by atomic mass is 9.90. The standard InChI is InChI=1S/C10H19O7P/c1-7-8-9(17-18(11,12)14-3)10(16-7,6-13-2)4-5-15-8/h7-9H,4-6H2,1-3H3,(H,11,12)/p-1/t7-,8?,9+,10+/m0/s1. The van der Waals surface area contributed by atoms with E-state index in [-0.39, 0.29) is 12.7 Å². The maximum absolute atomic E-state index is 11.5. The van der Waals surface area contributed by atoms with E-state index < -0.39 is 25.6 Å². The monoisotopic (exact) mass is 281 g/mol. The van der Waals surface area contributed by atoms with E-state index in [9.17, 15) is 9.46 Å². The van der Waals surface area contributed by atoms with Crippen molar-refractivity contribution in [2.24, 2.45) is 0 Å². The van der Waals surface area contributed by atoms with Gasteiger partial charge in [-0.05, 0) is 6.92 Å². The van der Waals surface area contributed by atoms with Gasteiger partial charge in [0, 0.05) is 20.6 Å². The second-order valence-corrected chi connectivity index (χ2v) is 6.03. The summed E-state index contributed by atoms with van der Waals surface area (Å²) in [6.07, 6.45) is -0.879. The first kappa shape index (κ1) is 14.4. The van der Waals surface area contributed by atoms with Crippen molar-refractivity contribution in [2.75, 3.05) is 27.4 Å². The predicted octanol–water partition coefficient (Wildman–Crippen LogP) is 0.0792. The smallest absolute Gasteiger partial charge is 0.268 e. The first-order valence-corrected chi connectivity index (χ1v) is 7.24. The molecule has 5 atom stereocenters. The lowest BCUT2D eigenvalue weighted by molar-refractivity contribution is -0.241. The highest BCUT2D eigenvalue weighted by Gasteiger charge is 2.58. The third-order valence-corrected chi connectivity index (χ3v) is 4.32. The molecule has 8 heteroatoms.